The molecular weight excluding hydrogens is 404 g/mol. The van der Waals surface area contributed by atoms with E-state index in [-0.39, 0.29) is 5.82 Å². The van der Waals surface area contributed by atoms with Gasteiger partial charge in [0.1, 0.15) is 13.9 Å². The van der Waals surface area contributed by atoms with Crippen LogP contribution in [0, 0.1) is 16.3 Å². The van der Waals surface area contributed by atoms with Crippen molar-refractivity contribution in [1.82, 2.24) is 4.98 Å². The molecule has 1 aromatic heterocycles. The molecular formula is C18H23FINSi. The molecule has 0 N–H and O–H groups in total. The predicted molar refractivity (Wildman–Crippen MR) is 103 cm³/mol. The molecule has 0 fully saturated rings. The zero-order chi connectivity index (χ0) is 16.5. The SMILES string of the molecule is Cc1cc([Si](c2ccccn2)(C(C)C)C(C)C)c(I)cc1F. The van der Waals surface area contributed by atoms with E-state index in [1.807, 2.05) is 19.2 Å². The van der Waals surface area contributed by atoms with E-state index in [4.69, 9.17) is 4.98 Å². The quantitative estimate of drug-likeness (QED) is 0.517. The first-order valence-electron chi connectivity index (χ1n) is 7.69. The van der Waals surface area contributed by atoms with Gasteiger partial charge in [0.15, 0.2) is 0 Å². The first-order valence-corrected chi connectivity index (χ1v) is 10.9. The Labute approximate surface area is 147 Å². The lowest BCUT2D eigenvalue weighted by Crippen LogP contribution is -2.64. The molecule has 0 spiro atoms. The number of hydrogen-bond donors (Lipinski definition) is 0. The lowest BCUT2D eigenvalue weighted by Gasteiger charge is -2.40. The van der Waals surface area contributed by atoms with Crippen LogP contribution in [0.2, 0.25) is 11.1 Å². The zero-order valence-electron chi connectivity index (χ0n) is 13.8. The van der Waals surface area contributed by atoms with Gasteiger partial charge in [-0.3, -0.25) is 4.98 Å². The Morgan fingerprint density at radius 1 is 1.09 bits per heavy atom. The van der Waals surface area contributed by atoms with E-state index in [2.05, 4.69) is 68.5 Å². The number of aryl methyl sites for hydroxylation is 1. The van der Waals surface area contributed by atoms with E-state index in [0.29, 0.717) is 11.1 Å². The number of benzene rings is 1. The third-order valence-electron chi connectivity index (χ3n) is 4.60. The third-order valence-corrected chi connectivity index (χ3v) is 12.1. The van der Waals surface area contributed by atoms with Crippen LogP contribution in [0.15, 0.2) is 36.5 Å². The highest BCUT2D eigenvalue weighted by molar-refractivity contribution is 14.1. The van der Waals surface area contributed by atoms with Gasteiger partial charge in [0.05, 0.1) is 0 Å². The lowest BCUT2D eigenvalue weighted by atomic mass is 10.2. The van der Waals surface area contributed by atoms with Gasteiger partial charge in [-0.15, -0.1) is 0 Å². The Morgan fingerprint density at radius 3 is 2.23 bits per heavy atom. The number of pyridine rings is 1. The van der Waals surface area contributed by atoms with Crippen LogP contribution in [-0.4, -0.2) is 13.1 Å². The Morgan fingerprint density at radius 2 is 1.73 bits per heavy atom. The lowest BCUT2D eigenvalue weighted by molar-refractivity contribution is 0.618. The molecule has 0 amide bonds. The van der Waals surface area contributed by atoms with Gasteiger partial charge in [-0.1, -0.05) is 39.8 Å². The highest BCUT2D eigenvalue weighted by Gasteiger charge is 2.46. The molecule has 0 aliphatic rings. The number of halogens is 2. The van der Waals surface area contributed by atoms with E-state index in [0.717, 1.165) is 9.13 Å². The molecule has 1 aromatic carbocycles. The Balaban J connectivity index is 2.83. The highest BCUT2D eigenvalue weighted by Crippen LogP contribution is 2.33. The fourth-order valence-corrected chi connectivity index (χ4v) is 11.0. The van der Waals surface area contributed by atoms with Crippen molar-refractivity contribution in [3.05, 3.63) is 51.5 Å². The van der Waals surface area contributed by atoms with E-state index in [1.54, 1.807) is 6.07 Å². The van der Waals surface area contributed by atoms with Crippen molar-refractivity contribution in [3.8, 4) is 0 Å². The fourth-order valence-electron chi connectivity index (χ4n) is 3.60. The summed E-state index contributed by atoms with van der Waals surface area (Å²) in [6.45, 7) is 11.0. The number of aromatic nitrogens is 1. The summed E-state index contributed by atoms with van der Waals surface area (Å²) < 4.78 is 15.0. The van der Waals surface area contributed by atoms with Crippen LogP contribution in [0.3, 0.4) is 0 Å². The second-order valence-corrected chi connectivity index (χ2v) is 12.7. The summed E-state index contributed by atoms with van der Waals surface area (Å²) in [6, 6.07) is 9.93. The van der Waals surface area contributed by atoms with Gasteiger partial charge in [0.25, 0.3) is 0 Å². The maximum Gasteiger partial charge on any atom is 0.147 e. The van der Waals surface area contributed by atoms with E-state index < -0.39 is 8.07 Å². The van der Waals surface area contributed by atoms with Crippen LogP contribution in [0.1, 0.15) is 33.3 Å². The van der Waals surface area contributed by atoms with E-state index in [1.165, 1.54) is 10.5 Å². The predicted octanol–water partition coefficient (Wildman–Crippen LogP) is 4.52. The molecule has 1 nitrogen and oxygen atoms in total. The van der Waals surface area contributed by atoms with Crippen molar-refractivity contribution in [2.45, 2.75) is 45.7 Å². The van der Waals surface area contributed by atoms with Crippen molar-refractivity contribution < 1.29 is 4.39 Å². The smallest absolute Gasteiger partial charge is 0.147 e. The Hall–Kier alpha value is -0.753. The van der Waals surface area contributed by atoms with Crippen molar-refractivity contribution in [1.29, 1.82) is 0 Å². The average Bonchev–Trinajstić information content (AvgIpc) is 2.45. The molecule has 0 aliphatic heterocycles. The molecule has 0 unspecified atom stereocenters. The van der Waals surface area contributed by atoms with Gasteiger partial charge in [0, 0.05) is 15.1 Å². The normalized spacial score (nSPS) is 12.2. The van der Waals surface area contributed by atoms with Gasteiger partial charge in [0.2, 0.25) is 0 Å². The molecule has 2 rings (SSSR count). The summed E-state index contributed by atoms with van der Waals surface area (Å²) in [5.74, 6) is -0.121. The Bertz CT molecular complexity index is 648. The average molecular weight is 427 g/mol. The molecule has 2 aromatic rings. The topological polar surface area (TPSA) is 12.9 Å². The summed E-state index contributed by atoms with van der Waals surface area (Å²) in [5, 5.41) is 2.51. The summed E-state index contributed by atoms with van der Waals surface area (Å²) in [4.78, 5) is 4.73. The highest BCUT2D eigenvalue weighted by atomic mass is 127. The van der Waals surface area contributed by atoms with Crippen molar-refractivity contribution in [2.24, 2.45) is 0 Å². The molecule has 0 saturated heterocycles. The van der Waals surface area contributed by atoms with Crippen LogP contribution in [0.5, 0.6) is 0 Å². The summed E-state index contributed by atoms with van der Waals surface area (Å²) in [7, 11) is -2.09. The molecule has 0 saturated carbocycles. The molecule has 0 bridgehead atoms. The first kappa shape index (κ1) is 17.6. The second kappa shape index (κ2) is 6.79. The molecule has 1 heterocycles. The zero-order valence-corrected chi connectivity index (χ0v) is 17.0. The molecule has 0 atom stereocenters. The molecule has 22 heavy (non-hydrogen) atoms. The molecule has 0 radical (unpaired) electrons. The van der Waals surface area contributed by atoms with Crippen LogP contribution in [0.25, 0.3) is 0 Å². The van der Waals surface area contributed by atoms with Crippen molar-refractivity contribution >= 4 is 41.2 Å². The summed E-state index contributed by atoms with van der Waals surface area (Å²) >= 11 is 2.29. The molecule has 0 aliphatic carbocycles. The maximum atomic E-state index is 13.9. The minimum Gasteiger partial charge on any atom is -0.266 e. The molecule has 4 heteroatoms. The van der Waals surface area contributed by atoms with Crippen LogP contribution >= 0.6 is 22.6 Å². The minimum absolute atomic E-state index is 0.121. The second-order valence-electron chi connectivity index (χ2n) is 6.47. The van der Waals surface area contributed by atoms with Gasteiger partial charge < -0.3 is 0 Å². The maximum absolute atomic E-state index is 13.9. The number of nitrogens with zero attached hydrogens (tertiary/aromatic N) is 1. The van der Waals surface area contributed by atoms with Crippen molar-refractivity contribution in [3.63, 3.8) is 0 Å². The number of rotatable bonds is 4. The van der Waals surface area contributed by atoms with Crippen LogP contribution in [-0.2, 0) is 0 Å². The van der Waals surface area contributed by atoms with Gasteiger partial charge in [-0.05, 0) is 69.5 Å². The van der Waals surface area contributed by atoms with Crippen LogP contribution in [0.4, 0.5) is 4.39 Å². The third kappa shape index (κ3) is 2.87. The van der Waals surface area contributed by atoms with E-state index in [9.17, 15) is 4.39 Å². The van der Waals surface area contributed by atoms with Gasteiger partial charge >= 0.3 is 0 Å². The standard InChI is InChI=1S/C18H23FINSi/c1-12(2)22(13(3)4,18-8-6-7-9-21-18)17-10-14(5)15(19)11-16(17)20/h6-13H,1-5H3. The van der Waals surface area contributed by atoms with Crippen LogP contribution < -0.4 is 10.5 Å². The van der Waals surface area contributed by atoms with Gasteiger partial charge in [-0.25, -0.2) is 4.39 Å². The van der Waals surface area contributed by atoms with Gasteiger partial charge in [-0.2, -0.15) is 0 Å². The summed E-state index contributed by atoms with van der Waals surface area (Å²) in [5.41, 5.74) is 1.70. The summed E-state index contributed by atoms with van der Waals surface area (Å²) in [6.07, 6.45) is 1.88. The monoisotopic (exact) mass is 427 g/mol. The minimum atomic E-state index is -2.09. The fraction of sp³-hybridized carbons (Fsp3) is 0.389. The Kier molecular flexibility index (Phi) is 5.43. The van der Waals surface area contributed by atoms with E-state index >= 15 is 0 Å². The van der Waals surface area contributed by atoms with Crippen molar-refractivity contribution in [2.75, 3.05) is 0 Å². The number of hydrogen-bond acceptors (Lipinski definition) is 1. The largest absolute Gasteiger partial charge is 0.266 e. The molecule has 118 valence electrons. The first-order chi connectivity index (χ1) is 10.3.